The van der Waals surface area contributed by atoms with Crippen molar-refractivity contribution in [1.82, 2.24) is 0 Å². The number of halogens is 1. The summed E-state index contributed by atoms with van der Waals surface area (Å²) in [6.07, 6.45) is 0.424. The second-order valence-corrected chi connectivity index (χ2v) is 4.40. The van der Waals surface area contributed by atoms with Crippen molar-refractivity contribution >= 4 is 5.69 Å². The molecule has 2 aromatic rings. The van der Waals surface area contributed by atoms with Gasteiger partial charge in [0.1, 0.15) is 11.6 Å². The van der Waals surface area contributed by atoms with Crippen molar-refractivity contribution in [3.63, 3.8) is 0 Å². The van der Waals surface area contributed by atoms with Crippen molar-refractivity contribution in [2.45, 2.75) is 13.3 Å². The van der Waals surface area contributed by atoms with Crippen LogP contribution in [0.1, 0.15) is 11.1 Å². The molecule has 0 fully saturated rings. The minimum absolute atomic E-state index is 0.0892. The Morgan fingerprint density at radius 1 is 1.25 bits per heavy atom. The van der Waals surface area contributed by atoms with Gasteiger partial charge in [-0.15, -0.1) is 0 Å². The molecular weight excluding hydrogens is 261 g/mol. The average Bonchev–Trinajstić information content (AvgIpc) is 2.43. The van der Waals surface area contributed by atoms with Crippen LogP contribution in [0.25, 0.3) is 0 Å². The van der Waals surface area contributed by atoms with E-state index >= 15 is 0 Å². The second-order valence-electron chi connectivity index (χ2n) is 4.40. The molecule has 0 aromatic heterocycles. The number of benzene rings is 2. The molecule has 0 amide bonds. The van der Waals surface area contributed by atoms with Crippen molar-refractivity contribution < 1.29 is 14.1 Å². The Labute approximate surface area is 116 Å². The van der Waals surface area contributed by atoms with E-state index in [-0.39, 0.29) is 11.5 Å². The molecular formula is C15H14FNO3. The van der Waals surface area contributed by atoms with E-state index in [9.17, 15) is 14.5 Å². The van der Waals surface area contributed by atoms with E-state index in [2.05, 4.69) is 0 Å². The van der Waals surface area contributed by atoms with Gasteiger partial charge in [-0.2, -0.15) is 0 Å². The third-order valence-corrected chi connectivity index (χ3v) is 2.96. The maximum absolute atomic E-state index is 13.1. The highest BCUT2D eigenvalue weighted by Gasteiger charge is 2.11. The number of para-hydroxylation sites is 1. The summed E-state index contributed by atoms with van der Waals surface area (Å²) in [6, 6.07) is 11.1. The molecule has 0 spiro atoms. The van der Waals surface area contributed by atoms with E-state index < -0.39 is 4.92 Å². The second kappa shape index (κ2) is 6.14. The molecule has 0 aliphatic heterocycles. The van der Waals surface area contributed by atoms with Crippen molar-refractivity contribution in [1.29, 1.82) is 0 Å². The SMILES string of the molecule is Cc1cc(OCCc2ccccc2[N+](=O)[O-])ccc1F. The predicted octanol–water partition coefficient (Wildman–Crippen LogP) is 3.66. The fraction of sp³-hybridized carbons (Fsp3) is 0.200. The predicted molar refractivity (Wildman–Crippen MR) is 73.4 cm³/mol. The molecule has 0 atom stereocenters. The average molecular weight is 275 g/mol. The van der Waals surface area contributed by atoms with E-state index in [0.717, 1.165) is 0 Å². The Kier molecular flexibility index (Phi) is 4.30. The first-order chi connectivity index (χ1) is 9.58. The Morgan fingerprint density at radius 2 is 2.00 bits per heavy atom. The van der Waals surface area contributed by atoms with E-state index in [0.29, 0.717) is 29.9 Å². The van der Waals surface area contributed by atoms with Crippen LogP contribution in [0.15, 0.2) is 42.5 Å². The number of hydrogen-bond acceptors (Lipinski definition) is 3. The zero-order valence-electron chi connectivity index (χ0n) is 11.0. The number of hydrogen-bond donors (Lipinski definition) is 0. The smallest absolute Gasteiger partial charge is 0.272 e. The molecule has 0 unspecified atom stereocenters. The minimum atomic E-state index is -0.405. The fourth-order valence-electron chi connectivity index (χ4n) is 1.89. The monoisotopic (exact) mass is 275 g/mol. The molecule has 5 heteroatoms. The quantitative estimate of drug-likeness (QED) is 0.618. The van der Waals surface area contributed by atoms with E-state index in [4.69, 9.17) is 4.74 Å². The lowest BCUT2D eigenvalue weighted by Crippen LogP contribution is -2.04. The normalized spacial score (nSPS) is 10.3. The van der Waals surface area contributed by atoms with Crippen molar-refractivity contribution in [3.8, 4) is 5.75 Å². The molecule has 0 aliphatic carbocycles. The first-order valence-corrected chi connectivity index (χ1v) is 6.19. The van der Waals surface area contributed by atoms with Gasteiger partial charge in [-0.3, -0.25) is 10.1 Å². The van der Waals surface area contributed by atoms with Crippen LogP contribution in [-0.2, 0) is 6.42 Å². The largest absolute Gasteiger partial charge is 0.493 e. The first kappa shape index (κ1) is 14.0. The van der Waals surface area contributed by atoms with Crippen molar-refractivity contribution in [3.05, 3.63) is 69.5 Å². The van der Waals surface area contributed by atoms with Crippen LogP contribution in [0.4, 0.5) is 10.1 Å². The Hall–Kier alpha value is -2.43. The van der Waals surface area contributed by atoms with Crippen LogP contribution >= 0.6 is 0 Å². The Bertz CT molecular complexity index is 628. The highest BCUT2D eigenvalue weighted by molar-refractivity contribution is 5.40. The third-order valence-electron chi connectivity index (χ3n) is 2.96. The van der Waals surface area contributed by atoms with E-state index in [1.54, 1.807) is 37.3 Å². The van der Waals surface area contributed by atoms with Gasteiger partial charge in [-0.25, -0.2) is 4.39 Å². The lowest BCUT2D eigenvalue weighted by molar-refractivity contribution is -0.385. The number of rotatable bonds is 5. The molecule has 0 heterocycles. The summed E-state index contributed by atoms with van der Waals surface area (Å²) in [6.45, 7) is 1.96. The van der Waals surface area contributed by atoms with Gasteiger partial charge >= 0.3 is 0 Å². The summed E-state index contributed by atoms with van der Waals surface area (Å²) in [5.74, 6) is 0.276. The summed E-state index contributed by atoms with van der Waals surface area (Å²) in [4.78, 5) is 10.5. The Morgan fingerprint density at radius 3 is 2.70 bits per heavy atom. The van der Waals surface area contributed by atoms with Crippen LogP contribution in [0.2, 0.25) is 0 Å². The van der Waals surface area contributed by atoms with Gasteiger partial charge in [-0.05, 0) is 30.7 Å². The maximum atomic E-state index is 13.1. The molecule has 0 radical (unpaired) electrons. The number of nitrogens with zero attached hydrogens (tertiary/aromatic N) is 1. The van der Waals surface area contributed by atoms with Crippen LogP contribution in [0.3, 0.4) is 0 Å². The lowest BCUT2D eigenvalue weighted by atomic mass is 10.1. The summed E-state index contributed by atoms with van der Waals surface area (Å²) >= 11 is 0. The molecule has 104 valence electrons. The summed E-state index contributed by atoms with van der Waals surface area (Å²) < 4.78 is 18.6. The van der Waals surface area contributed by atoms with Crippen molar-refractivity contribution in [2.75, 3.05) is 6.61 Å². The molecule has 0 saturated carbocycles. The topological polar surface area (TPSA) is 52.4 Å². The van der Waals surface area contributed by atoms with Gasteiger partial charge in [0.05, 0.1) is 11.5 Å². The highest BCUT2D eigenvalue weighted by atomic mass is 19.1. The van der Waals surface area contributed by atoms with Gasteiger partial charge in [-0.1, -0.05) is 18.2 Å². The van der Waals surface area contributed by atoms with Gasteiger partial charge in [0.15, 0.2) is 0 Å². The first-order valence-electron chi connectivity index (χ1n) is 6.19. The molecule has 20 heavy (non-hydrogen) atoms. The minimum Gasteiger partial charge on any atom is -0.493 e. The fourth-order valence-corrected chi connectivity index (χ4v) is 1.89. The summed E-state index contributed by atoms with van der Waals surface area (Å²) in [5.41, 5.74) is 1.22. The van der Waals surface area contributed by atoms with E-state index in [1.165, 1.54) is 12.1 Å². The number of nitro benzene ring substituents is 1. The van der Waals surface area contributed by atoms with Gasteiger partial charge in [0.2, 0.25) is 0 Å². The maximum Gasteiger partial charge on any atom is 0.272 e. The molecule has 0 saturated heterocycles. The summed E-state index contributed by atoms with van der Waals surface area (Å²) in [7, 11) is 0. The molecule has 2 aromatic carbocycles. The van der Waals surface area contributed by atoms with Crippen LogP contribution in [0, 0.1) is 22.9 Å². The summed E-state index contributed by atoms with van der Waals surface area (Å²) in [5, 5.41) is 10.9. The molecule has 2 rings (SSSR count). The lowest BCUT2D eigenvalue weighted by Gasteiger charge is -2.07. The standard InChI is InChI=1S/C15H14FNO3/c1-11-10-13(6-7-14(11)16)20-9-8-12-4-2-3-5-15(12)17(18)19/h2-7,10H,8-9H2,1H3. The Balaban J connectivity index is 1.99. The molecule has 4 nitrogen and oxygen atoms in total. The zero-order chi connectivity index (χ0) is 14.5. The van der Waals surface area contributed by atoms with Crippen LogP contribution < -0.4 is 4.74 Å². The molecule has 0 N–H and O–H groups in total. The van der Waals surface area contributed by atoms with Gasteiger partial charge < -0.3 is 4.74 Å². The van der Waals surface area contributed by atoms with E-state index in [1.807, 2.05) is 0 Å². The van der Waals surface area contributed by atoms with Crippen LogP contribution in [-0.4, -0.2) is 11.5 Å². The number of nitro groups is 1. The number of aryl methyl sites for hydroxylation is 1. The molecule has 0 bridgehead atoms. The third kappa shape index (κ3) is 3.32. The van der Waals surface area contributed by atoms with Gasteiger partial charge in [0, 0.05) is 18.1 Å². The van der Waals surface area contributed by atoms with Crippen LogP contribution in [0.5, 0.6) is 5.75 Å². The molecule has 0 aliphatic rings. The highest BCUT2D eigenvalue weighted by Crippen LogP contribution is 2.20. The zero-order valence-corrected chi connectivity index (χ0v) is 11.0. The number of ether oxygens (including phenoxy) is 1. The van der Waals surface area contributed by atoms with Gasteiger partial charge in [0.25, 0.3) is 5.69 Å². The van der Waals surface area contributed by atoms with Crippen molar-refractivity contribution in [2.24, 2.45) is 0 Å².